The van der Waals surface area contributed by atoms with E-state index in [-0.39, 0.29) is 12.5 Å². The molecule has 0 saturated carbocycles. The van der Waals surface area contributed by atoms with Crippen molar-refractivity contribution in [2.75, 3.05) is 58.3 Å². The number of anilines is 1. The van der Waals surface area contributed by atoms with Gasteiger partial charge in [0.2, 0.25) is 5.91 Å². The molecule has 1 N–H and O–H groups in total. The average molecular weight is 367 g/mol. The fraction of sp³-hybridized carbons (Fsp3) is 0.588. The van der Waals surface area contributed by atoms with Crippen LogP contribution in [-0.2, 0) is 4.79 Å². The first-order chi connectivity index (χ1) is 12.0. The number of carbonyl (C=O) groups excluding carboxylic acids is 1. The van der Waals surface area contributed by atoms with Gasteiger partial charge in [-0.25, -0.2) is 4.99 Å². The van der Waals surface area contributed by atoms with Gasteiger partial charge >= 0.3 is 0 Å². The number of aliphatic imine (C=N–C) groups is 1. The van der Waals surface area contributed by atoms with Crippen LogP contribution in [-0.4, -0.2) is 80.0 Å². The third-order valence-corrected chi connectivity index (χ3v) is 4.36. The van der Waals surface area contributed by atoms with Crippen molar-refractivity contribution in [1.29, 1.82) is 0 Å². The Morgan fingerprint density at radius 1 is 1.36 bits per heavy atom. The second-order valence-corrected chi connectivity index (χ2v) is 6.56. The molecule has 1 fully saturated rings. The summed E-state index contributed by atoms with van der Waals surface area (Å²) in [5.74, 6) is 0.801. The summed E-state index contributed by atoms with van der Waals surface area (Å²) in [6, 6.07) is 1.94. The van der Waals surface area contributed by atoms with Crippen molar-refractivity contribution in [2.24, 2.45) is 4.99 Å². The van der Waals surface area contributed by atoms with E-state index in [1.165, 1.54) is 0 Å². The van der Waals surface area contributed by atoms with Crippen molar-refractivity contribution >= 4 is 29.2 Å². The number of guanidine groups is 1. The van der Waals surface area contributed by atoms with Crippen LogP contribution < -0.4 is 10.2 Å². The molecule has 7 nitrogen and oxygen atoms in total. The van der Waals surface area contributed by atoms with Gasteiger partial charge in [-0.1, -0.05) is 18.5 Å². The van der Waals surface area contributed by atoms with Crippen LogP contribution >= 0.6 is 11.6 Å². The molecule has 2 heterocycles. The van der Waals surface area contributed by atoms with Crippen LogP contribution in [0.3, 0.4) is 0 Å². The minimum Gasteiger partial charge on any atom is -0.367 e. The minimum atomic E-state index is -0.00185. The molecule has 0 unspecified atom stereocenters. The molecule has 0 aromatic carbocycles. The van der Waals surface area contributed by atoms with Crippen molar-refractivity contribution in [3.05, 3.63) is 23.5 Å². The van der Waals surface area contributed by atoms with Crippen LogP contribution in [0.1, 0.15) is 13.3 Å². The fourth-order valence-corrected chi connectivity index (χ4v) is 2.81. The second-order valence-electron chi connectivity index (χ2n) is 6.16. The summed E-state index contributed by atoms with van der Waals surface area (Å²) in [7, 11) is 3.49. The number of hydrogen-bond donors (Lipinski definition) is 1. The van der Waals surface area contributed by atoms with Crippen molar-refractivity contribution in [3.63, 3.8) is 0 Å². The Morgan fingerprint density at radius 3 is 2.68 bits per heavy atom. The molecule has 1 aliphatic rings. The molecule has 0 aliphatic carbocycles. The molecule has 25 heavy (non-hydrogen) atoms. The van der Waals surface area contributed by atoms with Crippen molar-refractivity contribution in [3.8, 4) is 0 Å². The monoisotopic (exact) mass is 366 g/mol. The first kappa shape index (κ1) is 19.3. The predicted molar refractivity (Wildman–Crippen MR) is 102 cm³/mol. The molecule has 0 bridgehead atoms. The van der Waals surface area contributed by atoms with E-state index in [0.29, 0.717) is 5.02 Å². The number of pyridine rings is 1. The number of likely N-dealkylation sites (N-methyl/N-ethyl adjacent to an activating group) is 1. The molecule has 1 aromatic heterocycles. The lowest BCUT2D eigenvalue weighted by molar-refractivity contribution is -0.127. The highest BCUT2D eigenvalue weighted by molar-refractivity contribution is 6.33. The molecular formula is C17H27ClN6O. The summed E-state index contributed by atoms with van der Waals surface area (Å²) < 4.78 is 0. The molecule has 1 aromatic rings. The number of amides is 1. The Balaban J connectivity index is 1.99. The number of aromatic nitrogens is 1. The predicted octanol–water partition coefficient (Wildman–Crippen LogP) is 1.30. The SMILES string of the molecule is CCCNC(=NCC(=O)N(C)C)N1CCN(c2ccncc2Cl)CC1. The Labute approximate surface area is 154 Å². The number of nitrogens with one attached hydrogen (secondary N) is 1. The van der Waals surface area contributed by atoms with Gasteiger partial charge in [0.1, 0.15) is 6.54 Å². The van der Waals surface area contributed by atoms with Crippen LogP contribution in [0.15, 0.2) is 23.5 Å². The summed E-state index contributed by atoms with van der Waals surface area (Å²) in [4.78, 5) is 26.4. The largest absolute Gasteiger partial charge is 0.367 e. The van der Waals surface area contributed by atoms with Crippen LogP contribution in [0, 0.1) is 0 Å². The highest BCUT2D eigenvalue weighted by Crippen LogP contribution is 2.25. The zero-order chi connectivity index (χ0) is 18.2. The lowest BCUT2D eigenvalue weighted by atomic mass is 10.2. The number of nitrogens with zero attached hydrogens (tertiary/aromatic N) is 5. The summed E-state index contributed by atoms with van der Waals surface area (Å²) in [5.41, 5.74) is 1.01. The highest BCUT2D eigenvalue weighted by atomic mass is 35.5. The lowest BCUT2D eigenvalue weighted by Crippen LogP contribution is -2.53. The van der Waals surface area contributed by atoms with Crippen molar-refractivity contribution in [2.45, 2.75) is 13.3 Å². The number of piperazine rings is 1. The van der Waals surface area contributed by atoms with E-state index in [2.05, 4.69) is 32.0 Å². The smallest absolute Gasteiger partial charge is 0.243 e. The molecule has 2 rings (SSSR count). The normalized spacial score (nSPS) is 15.3. The van der Waals surface area contributed by atoms with E-state index in [0.717, 1.165) is 50.8 Å². The van der Waals surface area contributed by atoms with E-state index >= 15 is 0 Å². The van der Waals surface area contributed by atoms with Gasteiger partial charge < -0.3 is 20.0 Å². The zero-order valence-electron chi connectivity index (χ0n) is 15.2. The molecular weight excluding hydrogens is 340 g/mol. The minimum absolute atomic E-state index is 0.00185. The topological polar surface area (TPSA) is 64.1 Å². The van der Waals surface area contributed by atoms with Crippen molar-refractivity contribution in [1.82, 2.24) is 20.1 Å². The highest BCUT2D eigenvalue weighted by Gasteiger charge is 2.21. The summed E-state index contributed by atoms with van der Waals surface area (Å²) in [6.45, 7) is 6.45. The first-order valence-electron chi connectivity index (χ1n) is 8.60. The van der Waals surface area contributed by atoms with Crippen molar-refractivity contribution < 1.29 is 4.79 Å². The zero-order valence-corrected chi connectivity index (χ0v) is 16.0. The maximum Gasteiger partial charge on any atom is 0.243 e. The Bertz CT molecular complexity index is 599. The number of rotatable bonds is 5. The van der Waals surface area contributed by atoms with Gasteiger partial charge in [0.05, 0.1) is 10.7 Å². The summed E-state index contributed by atoms with van der Waals surface area (Å²) in [6.07, 6.45) is 4.44. The van der Waals surface area contributed by atoms with Gasteiger partial charge in [-0.15, -0.1) is 0 Å². The van der Waals surface area contributed by atoms with Gasteiger partial charge in [0.25, 0.3) is 0 Å². The summed E-state index contributed by atoms with van der Waals surface area (Å²) >= 11 is 6.24. The fourth-order valence-electron chi connectivity index (χ4n) is 2.57. The van der Waals surface area contributed by atoms with Gasteiger partial charge in [-0.2, -0.15) is 0 Å². The molecule has 0 radical (unpaired) electrons. The maximum absolute atomic E-state index is 11.8. The molecule has 0 atom stereocenters. The number of hydrogen-bond acceptors (Lipinski definition) is 4. The van der Waals surface area contributed by atoms with Crippen LogP contribution in [0.2, 0.25) is 5.02 Å². The van der Waals surface area contributed by atoms with E-state index in [1.54, 1.807) is 31.4 Å². The first-order valence-corrected chi connectivity index (χ1v) is 8.98. The van der Waals surface area contributed by atoms with E-state index in [4.69, 9.17) is 11.6 Å². The van der Waals surface area contributed by atoms with E-state index < -0.39 is 0 Å². The molecule has 1 aliphatic heterocycles. The van der Waals surface area contributed by atoms with Gasteiger partial charge in [-0.05, 0) is 12.5 Å². The van der Waals surface area contributed by atoms with Crippen LogP contribution in [0.4, 0.5) is 5.69 Å². The van der Waals surface area contributed by atoms with E-state index in [9.17, 15) is 4.79 Å². The molecule has 1 saturated heterocycles. The maximum atomic E-state index is 11.8. The molecule has 1 amide bonds. The Morgan fingerprint density at radius 2 is 2.08 bits per heavy atom. The van der Waals surface area contributed by atoms with E-state index in [1.807, 2.05) is 6.07 Å². The molecule has 138 valence electrons. The Hall–Kier alpha value is -2.02. The van der Waals surface area contributed by atoms with Crippen LogP contribution in [0.25, 0.3) is 0 Å². The molecule has 0 spiro atoms. The quantitative estimate of drug-likeness (QED) is 0.628. The average Bonchev–Trinajstić information content (AvgIpc) is 2.62. The third-order valence-electron chi connectivity index (χ3n) is 4.07. The van der Waals surface area contributed by atoms with Gasteiger partial charge in [-0.3, -0.25) is 9.78 Å². The third kappa shape index (κ3) is 5.49. The van der Waals surface area contributed by atoms with Gasteiger partial charge in [0.15, 0.2) is 5.96 Å². The van der Waals surface area contributed by atoms with Crippen LogP contribution in [0.5, 0.6) is 0 Å². The standard InChI is InChI=1S/C17H27ClN6O/c1-4-6-20-17(21-13-16(25)22(2)3)24-10-8-23(9-11-24)15-5-7-19-12-14(15)18/h5,7,12H,4,6,8-11,13H2,1-3H3,(H,20,21). The number of halogens is 1. The second kappa shape index (κ2) is 9.46. The molecule has 8 heteroatoms. The number of carbonyl (C=O) groups is 1. The van der Waals surface area contributed by atoms with Gasteiger partial charge in [0, 0.05) is 59.2 Å². The summed E-state index contributed by atoms with van der Waals surface area (Å²) in [5, 5.41) is 4.02. The Kier molecular flexibility index (Phi) is 7.31. The lowest BCUT2D eigenvalue weighted by Gasteiger charge is -2.38.